The fourth-order valence-electron chi connectivity index (χ4n) is 2.35. The van der Waals surface area contributed by atoms with Crippen LogP contribution in [0.1, 0.15) is 44.9 Å². The van der Waals surface area contributed by atoms with Gasteiger partial charge in [0.1, 0.15) is 0 Å². The van der Waals surface area contributed by atoms with Gasteiger partial charge < -0.3 is 4.90 Å². The van der Waals surface area contributed by atoms with Crippen LogP contribution in [0.5, 0.6) is 0 Å². The largest absolute Gasteiger partial charge is 0.342 e. The van der Waals surface area contributed by atoms with Gasteiger partial charge in [-0.25, -0.2) is 0 Å². The second kappa shape index (κ2) is 4.63. The molecule has 1 aliphatic carbocycles. The quantitative estimate of drug-likeness (QED) is 0.617. The van der Waals surface area contributed by atoms with Gasteiger partial charge in [0.05, 0.1) is 0 Å². The van der Waals surface area contributed by atoms with Crippen molar-refractivity contribution in [1.29, 1.82) is 0 Å². The first-order chi connectivity index (χ1) is 6.86. The summed E-state index contributed by atoms with van der Waals surface area (Å²) < 4.78 is 0. The Hall–Kier alpha value is -0.790. The smallest absolute Gasteiger partial charge is 0.226 e. The first-order valence-electron chi connectivity index (χ1n) is 5.82. The third-order valence-electron chi connectivity index (χ3n) is 3.22. The van der Waals surface area contributed by atoms with Gasteiger partial charge in [-0.15, -0.1) is 0 Å². The average Bonchev–Trinajstić information content (AvgIpc) is 2.72. The molecule has 0 spiro atoms. The second-order valence-electron chi connectivity index (χ2n) is 4.37. The minimum atomic E-state index is 0.359. The van der Waals surface area contributed by atoms with Gasteiger partial charge in [-0.2, -0.15) is 0 Å². The third kappa shape index (κ3) is 2.37. The van der Waals surface area contributed by atoms with Gasteiger partial charge in [-0.05, 0) is 38.5 Å². The molecule has 0 radical (unpaired) electrons. The van der Waals surface area contributed by atoms with E-state index in [-0.39, 0.29) is 0 Å². The van der Waals surface area contributed by atoms with E-state index < -0.39 is 0 Å². The highest BCUT2D eigenvalue weighted by Crippen LogP contribution is 2.22. The highest BCUT2D eigenvalue weighted by atomic mass is 16.2. The number of carbonyl (C=O) groups excluding carboxylic acids is 1. The summed E-state index contributed by atoms with van der Waals surface area (Å²) in [6.45, 7) is 1.98. The van der Waals surface area contributed by atoms with Gasteiger partial charge in [0.2, 0.25) is 5.91 Å². The molecular weight excluding hydrogens is 174 g/mol. The van der Waals surface area contributed by atoms with Crippen LogP contribution in [-0.2, 0) is 4.79 Å². The van der Waals surface area contributed by atoms with Crippen molar-refractivity contribution in [3.8, 4) is 0 Å². The minimum absolute atomic E-state index is 0.359. The van der Waals surface area contributed by atoms with Gasteiger partial charge in [0, 0.05) is 19.5 Å². The zero-order chi connectivity index (χ0) is 9.80. The molecule has 1 amide bonds. The van der Waals surface area contributed by atoms with E-state index in [4.69, 9.17) is 0 Å². The molecule has 1 saturated heterocycles. The van der Waals surface area contributed by atoms with Crippen LogP contribution < -0.4 is 0 Å². The first-order valence-corrected chi connectivity index (χ1v) is 5.82. The topological polar surface area (TPSA) is 20.3 Å². The molecule has 0 unspecified atom stereocenters. The standard InChI is InChI=1S/C12H19NO/c14-12(10-11-6-2-3-7-11)13-8-4-1-5-9-13/h6H,1-5,7-10H2. The van der Waals surface area contributed by atoms with Gasteiger partial charge in [0.25, 0.3) is 0 Å². The lowest BCUT2D eigenvalue weighted by Crippen LogP contribution is -2.35. The molecule has 2 aliphatic rings. The molecule has 0 aromatic heterocycles. The highest BCUT2D eigenvalue weighted by molar-refractivity contribution is 5.78. The lowest BCUT2D eigenvalue weighted by Gasteiger charge is -2.26. The second-order valence-corrected chi connectivity index (χ2v) is 4.37. The Morgan fingerprint density at radius 2 is 2.00 bits per heavy atom. The first kappa shape index (κ1) is 9.75. The number of likely N-dealkylation sites (tertiary alicyclic amines) is 1. The van der Waals surface area contributed by atoms with Crippen LogP contribution in [0, 0.1) is 0 Å². The number of carbonyl (C=O) groups is 1. The van der Waals surface area contributed by atoms with Crippen LogP contribution in [0.25, 0.3) is 0 Å². The normalized spacial score (nSPS) is 22.3. The van der Waals surface area contributed by atoms with Crippen molar-refractivity contribution in [2.24, 2.45) is 0 Å². The molecule has 2 nitrogen and oxygen atoms in total. The van der Waals surface area contributed by atoms with Crippen LogP contribution in [0.3, 0.4) is 0 Å². The molecule has 14 heavy (non-hydrogen) atoms. The van der Waals surface area contributed by atoms with E-state index in [0.717, 1.165) is 19.5 Å². The molecule has 2 rings (SSSR count). The van der Waals surface area contributed by atoms with Crippen molar-refractivity contribution < 1.29 is 4.79 Å². The zero-order valence-electron chi connectivity index (χ0n) is 8.80. The molecular formula is C12H19NO. The maximum Gasteiger partial charge on any atom is 0.226 e. The van der Waals surface area contributed by atoms with Gasteiger partial charge in [-0.3, -0.25) is 4.79 Å². The summed E-state index contributed by atoms with van der Waals surface area (Å²) in [7, 11) is 0. The van der Waals surface area contributed by atoms with Crippen molar-refractivity contribution in [2.45, 2.75) is 44.9 Å². The van der Waals surface area contributed by atoms with E-state index in [1.807, 2.05) is 4.90 Å². The summed E-state index contributed by atoms with van der Waals surface area (Å²) in [6.07, 6.45) is 10.2. The van der Waals surface area contributed by atoms with Crippen molar-refractivity contribution in [3.05, 3.63) is 11.6 Å². The van der Waals surface area contributed by atoms with Crippen LogP contribution in [0.15, 0.2) is 11.6 Å². The van der Waals surface area contributed by atoms with Gasteiger partial charge >= 0.3 is 0 Å². The predicted octanol–water partition coefficient (Wildman–Crippen LogP) is 2.50. The molecule has 1 heterocycles. The van der Waals surface area contributed by atoms with E-state index in [1.54, 1.807) is 0 Å². The third-order valence-corrected chi connectivity index (χ3v) is 3.22. The Balaban J connectivity index is 1.81. The number of piperidine rings is 1. The number of rotatable bonds is 2. The van der Waals surface area contributed by atoms with E-state index in [1.165, 1.54) is 37.7 Å². The summed E-state index contributed by atoms with van der Waals surface area (Å²) in [4.78, 5) is 13.9. The molecule has 0 aromatic carbocycles. The molecule has 1 fully saturated rings. The van der Waals surface area contributed by atoms with Gasteiger partial charge in [0.15, 0.2) is 0 Å². The van der Waals surface area contributed by atoms with E-state index >= 15 is 0 Å². The summed E-state index contributed by atoms with van der Waals surface area (Å²) >= 11 is 0. The number of nitrogens with zero attached hydrogens (tertiary/aromatic N) is 1. The van der Waals surface area contributed by atoms with Crippen molar-refractivity contribution in [2.75, 3.05) is 13.1 Å². The highest BCUT2D eigenvalue weighted by Gasteiger charge is 2.18. The van der Waals surface area contributed by atoms with Crippen molar-refractivity contribution in [1.82, 2.24) is 4.90 Å². The van der Waals surface area contributed by atoms with Crippen LogP contribution in [0.4, 0.5) is 0 Å². The number of hydrogen-bond acceptors (Lipinski definition) is 1. The van der Waals surface area contributed by atoms with Gasteiger partial charge in [-0.1, -0.05) is 11.6 Å². The Bertz CT molecular complexity index is 239. The molecule has 0 saturated carbocycles. The predicted molar refractivity (Wildman–Crippen MR) is 57.0 cm³/mol. The summed E-state index contributed by atoms with van der Waals surface area (Å²) in [5.74, 6) is 0.359. The fraction of sp³-hybridized carbons (Fsp3) is 0.750. The molecule has 0 atom stereocenters. The fourth-order valence-corrected chi connectivity index (χ4v) is 2.35. The number of amides is 1. The van der Waals surface area contributed by atoms with Crippen LogP contribution >= 0.6 is 0 Å². The molecule has 0 aromatic rings. The SMILES string of the molecule is O=C(CC1=CCCC1)N1CCCCC1. The van der Waals surface area contributed by atoms with E-state index in [2.05, 4.69) is 6.08 Å². The summed E-state index contributed by atoms with van der Waals surface area (Å²) in [5, 5.41) is 0. The summed E-state index contributed by atoms with van der Waals surface area (Å²) in [5.41, 5.74) is 1.38. The molecule has 2 heteroatoms. The molecule has 78 valence electrons. The maximum atomic E-state index is 11.8. The number of allylic oxidation sites excluding steroid dienone is 1. The molecule has 1 aliphatic heterocycles. The Kier molecular flexibility index (Phi) is 3.22. The van der Waals surface area contributed by atoms with E-state index in [0.29, 0.717) is 12.3 Å². The lowest BCUT2D eigenvalue weighted by atomic mass is 10.1. The van der Waals surface area contributed by atoms with Crippen LogP contribution in [-0.4, -0.2) is 23.9 Å². The monoisotopic (exact) mass is 193 g/mol. The molecule has 0 N–H and O–H groups in total. The van der Waals surface area contributed by atoms with Crippen molar-refractivity contribution >= 4 is 5.91 Å². The Labute approximate surface area is 86.0 Å². The van der Waals surface area contributed by atoms with Crippen LogP contribution in [0.2, 0.25) is 0 Å². The Morgan fingerprint density at radius 3 is 2.64 bits per heavy atom. The minimum Gasteiger partial charge on any atom is -0.342 e. The van der Waals surface area contributed by atoms with Crippen molar-refractivity contribution in [3.63, 3.8) is 0 Å². The zero-order valence-corrected chi connectivity index (χ0v) is 8.80. The number of hydrogen-bond donors (Lipinski definition) is 0. The maximum absolute atomic E-state index is 11.8. The average molecular weight is 193 g/mol. The molecule has 0 bridgehead atoms. The lowest BCUT2D eigenvalue weighted by molar-refractivity contribution is -0.131. The van der Waals surface area contributed by atoms with E-state index in [9.17, 15) is 4.79 Å². The summed E-state index contributed by atoms with van der Waals surface area (Å²) in [6, 6.07) is 0. The Morgan fingerprint density at radius 1 is 1.21 bits per heavy atom.